The summed E-state index contributed by atoms with van der Waals surface area (Å²) in [5.41, 5.74) is 18.7. The van der Waals surface area contributed by atoms with E-state index in [9.17, 15) is 8.78 Å². The van der Waals surface area contributed by atoms with Crippen molar-refractivity contribution in [2.24, 2.45) is 0 Å². The van der Waals surface area contributed by atoms with Crippen LogP contribution in [0.5, 0.6) is 5.75 Å². The smallest absolute Gasteiger partial charge is 0.149 e. The number of nitrogen functional groups attached to an aromatic ring is 3. The molecular formula is C20H24F2N4O. The minimum atomic E-state index is -0.445. The fourth-order valence-electron chi connectivity index (χ4n) is 1.83. The van der Waals surface area contributed by atoms with Crippen LogP contribution in [-0.2, 0) is 0 Å². The molecule has 1 heterocycles. The van der Waals surface area contributed by atoms with Gasteiger partial charge in [0.1, 0.15) is 23.2 Å². The van der Waals surface area contributed by atoms with E-state index in [-0.39, 0.29) is 11.5 Å². The molecule has 0 spiro atoms. The van der Waals surface area contributed by atoms with Crippen LogP contribution in [0.4, 0.5) is 26.0 Å². The summed E-state index contributed by atoms with van der Waals surface area (Å²) >= 11 is 0. The molecule has 3 rings (SSSR count). The van der Waals surface area contributed by atoms with Crippen LogP contribution in [0, 0.1) is 25.5 Å². The molecule has 144 valence electrons. The van der Waals surface area contributed by atoms with Gasteiger partial charge < -0.3 is 21.9 Å². The molecule has 0 aliphatic rings. The number of aryl methyl sites for hydroxylation is 2. The summed E-state index contributed by atoms with van der Waals surface area (Å²) in [5.74, 6) is 0.387. The molecular weight excluding hydrogens is 350 g/mol. The number of aromatic nitrogens is 1. The monoisotopic (exact) mass is 374 g/mol. The van der Waals surface area contributed by atoms with Gasteiger partial charge in [0.05, 0.1) is 12.8 Å². The highest BCUT2D eigenvalue weighted by Crippen LogP contribution is 2.16. The van der Waals surface area contributed by atoms with Crippen LogP contribution in [0.3, 0.4) is 0 Å². The van der Waals surface area contributed by atoms with Gasteiger partial charge in [0.2, 0.25) is 0 Å². The van der Waals surface area contributed by atoms with Gasteiger partial charge in [-0.05, 0) is 67.4 Å². The minimum Gasteiger partial charge on any atom is -0.497 e. The first-order valence-electron chi connectivity index (χ1n) is 8.01. The van der Waals surface area contributed by atoms with Gasteiger partial charge in [-0.15, -0.1) is 0 Å². The largest absolute Gasteiger partial charge is 0.497 e. The molecule has 5 nitrogen and oxygen atoms in total. The number of nitrogens with zero attached hydrogens (tertiary/aromatic N) is 1. The molecule has 0 aliphatic heterocycles. The summed E-state index contributed by atoms with van der Waals surface area (Å²) in [5, 5.41) is 0. The Balaban J connectivity index is 0.000000204. The Morgan fingerprint density at radius 3 is 1.96 bits per heavy atom. The number of nitrogens with two attached hydrogens (primary N) is 3. The maximum Gasteiger partial charge on any atom is 0.149 e. The van der Waals surface area contributed by atoms with Crippen LogP contribution < -0.4 is 21.9 Å². The molecule has 0 aliphatic carbocycles. The molecule has 6 N–H and O–H groups in total. The second-order valence-electron chi connectivity index (χ2n) is 5.65. The van der Waals surface area contributed by atoms with Crippen LogP contribution in [-0.4, -0.2) is 12.1 Å². The SMILES string of the molecule is COc1ccc(N)c(F)c1.Cc1cc(F)ccc1N.Cc1ccnc(N)c1. The van der Waals surface area contributed by atoms with Crippen LogP contribution in [0.1, 0.15) is 11.1 Å². The summed E-state index contributed by atoms with van der Waals surface area (Å²) in [6.45, 7) is 3.76. The van der Waals surface area contributed by atoms with Gasteiger partial charge in [-0.1, -0.05) is 0 Å². The Kier molecular flexibility index (Phi) is 8.51. The number of anilines is 3. The average molecular weight is 374 g/mol. The lowest BCUT2D eigenvalue weighted by Crippen LogP contribution is -1.90. The highest BCUT2D eigenvalue weighted by Gasteiger charge is 1.97. The van der Waals surface area contributed by atoms with Crippen molar-refractivity contribution in [2.45, 2.75) is 13.8 Å². The van der Waals surface area contributed by atoms with E-state index in [2.05, 4.69) is 4.98 Å². The summed E-state index contributed by atoms with van der Waals surface area (Å²) in [6.07, 6.45) is 1.70. The van der Waals surface area contributed by atoms with Crippen molar-refractivity contribution in [1.82, 2.24) is 4.98 Å². The quantitative estimate of drug-likeness (QED) is 0.557. The fraction of sp³-hybridized carbons (Fsp3) is 0.150. The maximum absolute atomic E-state index is 12.6. The van der Waals surface area contributed by atoms with Crippen LogP contribution in [0.15, 0.2) is 54.7 Å². The van der Waals surface area contributed by atoms with E-state index in [0.717, 1.165) is 11.1 Å². The molecule has 2 aromatic carbocycles. The topological polar surface area (TPSA) is 100 Å². The predicted octanol–water partition coefficient (Wildman–Crippen LogP) is 4.11. The van der Waals surface area contributed by atoms with Gasteiger partial charge in [0.25, 0.3) is 0 Å². The summed E-state index contributed by atoms with van der Waals surface area (Å²) in [4.78, 5) is 3.82. The van der Waals surface area contributed by atoms with Crippen LogP contribution in [0.25, 0.3) is 0 Å². The lowest BCUT2D eigenvalue weighted by molar-refractivity contribution is 0.411. The molecule has 27 heavy (non-hydrogen) atoms. The second kappa shape index (κ2) is 10.6. The zero-order chi connectivity index (χ0) is 20.4. The minimum absolute atomic E-state index is 0.140. The first-order chi connectivity index (χ1) is 12.7. The molecule has 0 bridgehead atoms. The third kappa shape index (κ3) is 8.04. The molecule has 0 unspecified atom stereocenters. The summed E-state index contributed by atoms with van der Waals surface area (Å²) in [7, 11) is 1.48. The first kappa shape index (κ1) is 21.7. The Morgan fingerprint density at radius 1 is 0.852 bits per heavy atom. The molecule has 0 atom stereocenters. The van der Waals surface area contributed by atoms with Crippen molar-refractivity contribution in [1.29, 1.82) is 0 Å². The molecule has 0 radical (unpaired) electrons. The third-order valence-corrected chi connectivity index (χ3v) is 3.38. The van der Waals surface area contributed by atoms with Crippen LogP contribution in [0.2, 0.25) is 0 Å². The van der Waals surface area contributed by atoms with E-state index in [4.69, 9.17) is 21.9 Å². The van der Waals surface area contributed by atoms with E-state index < -0.39 is 5.82 Å². The zero-order valence-electron chi connectivity index (χ0n) is 15.5. The van der Waals surface area contributed by atoms with Gasteiger partial charge in [-0.3, -0.25) is 0 Å². The summed E-state index contributed by atoms with van der Waals surface area (Å²) < 4.78 is 29.6. The third-order valence-electron chi connectivity index (χ3n) is 3.38. The van der Waals surface area contributed by atoms with Crippen molar-refractivity contribution in [3.8, 4) is 5.75 Å². The zero-order valence-corrected chi connectivity index (χ0v) is 15.5. The fourth-order valence-corrected chi connectivity index (χ4v) is 1.83. The first-order valence-corrected chi connectivity index (χ1v) is 8.01. The van der Waals surface area contributed by atoms with Crippen molar-refractivity contribution in [2.75, 3.05) is 24.3 Å². The number of pyridine rings is 1. The Hall–Kier alpha value is -3.35. The lowest BCUT2D eigenvalue weighted by atomic mass is 10.2. The molecule has 0 fully saturated rings. The van der Waals surface area contributed by atoms with E-state index >= 15 is 0 Å². The lowest BCUT2D eigenvalue weighted by Gasteiger charge is -1.99. The average Bonchev–Trinajstić information content (AvgIpc) is 2.62. The molecule has 7 heteroatoms. The van der Waals surface area contributed by atoms with Crippen LogP contribution >= 0.6 is 0 Å². The van der Waals surface area contributed by atoms with Crippen molar-refractivity contribution < 1.29 is 13.5 Å². The number of methoxy groups -OCH3 is 1. The number of ether oxygens (including phenoxy) is 1. The highest BCUT2D eigenvalue weighted by molar-refractivity contribution is 5.45. The number of rotatable bonds is 1. The van der Waals surface area contributed by atoms with Crippen molar-refractivity contribution in [3.05, 3.63) is 77.5 Å². The number of halogens is 2. The molecule has 0 amide bonds. The summed E-state index contributed by atoms with van der Waals surface area (Å²) in [6, 6.07) is 12.4. The van der Waals surface area contributed by atoms with Gasteiger partial charge >= 0.3 is 0 Å². The number of hydrogen-bond acceptors (Lipinski definition) is 5. The van der Waals surface area contributed by atoms with Gasteiger partial charge in [-0.2, -0.15) is 0 Å². The van der Waals surface area contributed by atoms with E-state index in [1.807, 2.05) is 19.1 Å². The van der Waals surface area contributed by atoms with E-state index in [0.29, 0.717) is 17.3 Å². The van der Waals surface area contributed by atoms with E-state index in [1.165, 1.54) is 31.4 Å². The number of benzene rings is 2. The Labute approximate surface area is 157 Å². The van der Waals surface area contributed by atoms with Gasteiger partial charge in [0, 0.05) is 18.0 Å². The standard InChI is InChI=1S/C7H8FNO.C7H8FN.C6H8N2/c1-10-5-2-3-7(9)6(8)4-5;1-5-4-6(8)2-3-7(5)9;1-5-2-3-8-6(7)4-5/h2-4H,9H2,1H3;2-4H,9H2,1H3;2-4H,1H3,(H2,7,8). The van der Waals surface area contributed by atoms with E-state index in [1.54, 1.807) is 25.3 Å². The second-order valence-corrected chi connectivity index (χ2v) is 5.65. The van der Waals surface area contributed by atoms with Gasteiger partial charge in [0.15, 0.2) is 0 Å². The van der Waals surface area contributed by atoms with Crippen molar-refractivity contribution in [3.63, 3.8) is 0 Å². The Morgan fingerprint density at radius 2 is 1.52 bits per heavy atom. The maximum atomic E-state index is 12.6. The molecule has 1 aromatic heterocycles. The molecule has 3 aromatic rings. The highest BCUT2D eigenvalue weighted by atomic mass is 19.1. The Bertz CT molecular complexity index is 855. The van der Waals surface area contributed by atoms with Crippen molar-refractivity contribution >= 4 is 17.2 Å². The molecule has 0 saturated heterocycles. The number of hydrogen-bond donors (Lipinski definition) is 3. The predicted molar refractivity (Wildman–Crippen MR) is 106 cm³/mol. The normalized spacial score (nSPS) is 9.37. The molecule has 0 saturated carbocycles. The van der Waals surface area contributed by atoms with Gasteiger partial charge in [-0.25, -0.2) is 13.8 Å².